The van der Waals surface area contributed by atoms with Gasteiger partial charge in [-0.3, -0.25) is 4.79 Å². The highest BCUT2D eigenvalue weighted by Gasteiger charge is 2.38. The molecule has 2 heterocycles. The van der Waals surface area contributed by atoms with Crippen molar-refractivity contribution in [2.45, 2.75) is 51.7 Å². The Morgan fingerprint density at radius 1 is 1.11 bits per heavy atom. The second-order valence-corrected chi connectivity index (χ2v) is 7.53. The number of amides is 1. The van der Waals surface area contributed by atoms with Crippen molar-refractivity contribution in [3.05, 3.63) is 58.5 Å². The van der Waals surface area contributed by atoms with Crippen LogP contribution >= 0.6 is 0 Å². The number of hydrogen-bond acceptors (Lipinski definition) is 3. The third-order valence-electron chi connectivity index (χ3n) is 5.69. The zero-order chi connectivity index (χ0) is 19.6. The number of carbonyl (C=O) groups excluding carboxylic acids is 1. The molecule has 0 unspecified atom stereocenters. The van der Waals surface area contributed by atoms with Gasteiger partial charge in [0.1, 0.15) is 5.60 Å². The molecule has 1 amide bonds. The molecule has 1 aromatic carbocycles. The highest BCUT2D eigenvalue weighted by Crippen LogP contribution is 2.33. The summed E-state index contributed by atoms with van der Waals surface area (Å²) in [5.41, 5.74) is 2.59. The summed E-state index contributed by atoms with van der Waals surface area (Å²) in [6.45, 7) is 6.84. The Hall–Kier alpha value is -2.56. The molecule has 5 heteroatoms. The molecule has 1 aromatic heterocycles. The first-order chi connectivity index (χ1) is 12.9. The van der Waals surface area contributed by atoms with Crippen molar-refractivity contribution in [3.8, 4) is 11.1 Å². The highest BCUT2D eigenvalue weighted by atomic mass is 16.6. The van der Waals surface area contributed by atoms with Gasteiger partial charge in [0.25, 0.3) is 5.56 Å². The van der Waals surface area contributed by atoms with Crippen molar-refractivity contribution in [2.24, 2.45) is 7.05 Å². The molecule has 0 saturated carbocycles. The molecule has 0 bridgehead atoms. The molecule has 1 saturated heterocycles. The topological polar surface area (TPSA) is 51.5 Å². The fraction of sp³-hybridized carbons (Fsp3) is 0.455. The maximum atomic E-state index is 12.6. The van der Waals surface area contributed by atoms with E-state index in [-0.39, 0.29) is 23.3 Å². The molecule has 0 spiro atoms. The molecule has 0 radical (unpaired) electrons. The maximum absolute atomic E-state index is 12.6. The van der Waals surface area contributed by atoms with Gasteiger partial charge < -0.3 is 14.2 Å². The lowest BCUT2D eigenvalue weighted by Crippen LogP contribution is -2.48. The molecule has 27 heavy (non-hydrogen) atoms. The first-order valence-electron chi connectivity index (χ1n) is 9.63. The number of cyclic esters (lactones) is 1. The lowest BCUT2D eigenvalue weighted by molar-refractivity contribution is -0.0490. The fourth-order valence-electron chi connectivity index (χ4n) is 3.56. The fourth-order valence-corrected chi connectivity index (χ4v) is 3.56. The molecule has 0 N–H and O–H groups in total. The van der Waals surface area contributed by atoms with Gasteiger partial charge in [-0.05, 0) is 42.5 Å². The Balaban J connectivity index is 1.81. The van der Waals surface area contributed by atoms with Crippen LogP contribution in [0.2, 0.25) is 0 Å². The Morgan fingerprint density at radius 3 is 2.37 bits per heavy atom. The van der Waals surface area contributed by atoms with E-state index in [1.165, 1.54) is 0 Å². The van der Waals surface area contributed by atoms with Crippen LogP contribution in [0.1, 0.15) is 51.6 Å². The van der Waals surface area contributed by atoms with Crippen molar-refractivity contribution < 1.29 is 9.53 Å². The molecule has 5 nitrogen and oxygen atoms in total. The van der Waals surface area contributed by atoms with Gasteiger partial charge in [0.15, 0.2) is 0 Å². The number of rotatable bonds is 5. The van der Waals surface area contributed by atoms with Gasteiger partial charge in [0.05, 0.1) is 6.04 Å². The predicted molar refractivity (Wildman–Crippen MR) is 107 cm³/mol. The lowest BCUT2D eigenvalue weighted by atomic mass is 9.94. The highest BCUT2D eigenvalue weighted by molar-refractivity contribution is 5.70. The third-order valence-corrected chi connectivity index (χ3v) is 5.69. The second-order valence-electron chi connectivity index (χ2n) is 7.53. The summed E-state index contributed by atoms with van der Waals surface area (Å²) in [5, 5.41) is 0. The van der Waals surface area contributed by atoms with Gasteiger partial charge in [0.2, 0.25) is 0 Å². The number of carbonyl (C=O) groups is 1. The zero-order valence-electron chi connectivity index (χ0n) is 16.6. The van der Waals surface area contributed by atoms with E-state index < -0.39 is 0 Å². The molecular formula is C22H28N2O3. The van der Waals surface area contributed by atoms with Crippen molar-refractivity contribution >= 4 is 6.09 Å². The van der Waals surface area contributed by atoms with E-state index in [9.17, 15) is 9.59 Å². The van der Waals surface area contributed by atoms with E-state index >= 15 is 0 Å². The first-order valence-corrected chi connectivity index (χ1v) is 9.63. The summed E-state index contributed by atoms with van der Waals surface area (Å²) in [4.78, 5) is 26.3. The quantitative estimate of drug-likeness (QED) is 0.780. The Morgan fingerprint density at radius 2 is 1.81 bits per heavy atom. The van der Waals surface area contributed by atoms with Crippen LogP contribution in [-0.2, 0) is 11.8 Å². The van der Waals surface area contributed by atoms with Crippen LogP contribution in [0.5, 0.6) is 0 Å². The summed E-state index contributed by atoms with van der Waals surface area (Å²) >= 11 is 0. The van der Waals surface area contributed by atoms with Gasteiger partial charge in [-0.2, -0.15) is 0 Å². The number of hydrogen-bond donors (Lipinski definition) is 0. The molecule has 3 rings (SSSR count). The lowest BCUT2D eigenvalue weighted by Gasteiger charge is -2.41. The van der Waals surface area contributed by atoms with Crippen LogP contribution < -0.4 is 5.56 Å². The van der Waals surface area contributed by atoms with Gasteiger partial charge in [-0.15, -0.1) is 0 Å². The summed E-state index contributed by atoms with van der Waals surface area (Å²) in [5.74, 6) is 0. The summed E-state index contributed by atoms with van der Waals surface area (Å²) in [6, 6.07) is 11.7. The summed E-state index contributed by atoms with van der Waals surface area (Å²) in [6.07, 6.45) is 4.04. The van der Waals surface area contributed by atoms with Crippen molar-refractivity contribution in [1.29, 1.82) is 0 Å². The molecule has 2 aromatic rings. The van der Waals surface area contributed by atoms with E-state index in [1.54, 1.807) is 23.9 Å². The number of benzene rings is 1. The van der Waals surface area contributed by atoms with E-state index in [0.29, 0.717) is 6.54 Å². The number of ether oxygens (including phenoxy) is 1. The van der Waals surface area contributed by atoms with Crippen molar-refractivity contribution in [2.75, 3.05) is 6.54 Å². The van der Waals surface area contributed by atoms with Gasteiger partial charge >= 0.3 is 6.09 Å². The molecular weight excluding hydrogens is 340 g/mol. The summed E-state index contributed by atoms with van der Waals surface area (Å²) in [7, 11) is 1.74. The number of aryl methyl sites for hydroxylation is 1. The Labute approximate surface area is 160 Å². The van der Waals surface area contributed by atoms with Crippen LogP contribution in [0.4, 0.5) is 4.79 Å². The molecule has 144 valence electrons. The minimum absolute atomic E-state index is 0.00315. The zero-order valence-corrected chi connectivity index (χ0v) is 16.6. The van der Waals surface area contributed by atoms with Crippen LogP contribution in [0.15, 0.2) is 47.4 Å². The SMILES string of the molecule is CC[C@@H](c1ccc(-c2ccn(C)c(=O)c2)cc1)N1CC[C@@](C)(CC)OC1=O. The number of nitrogens with zero attached hydrogens (tertiary/aromatic N) is 2. The minimum atomic E-state index is -0.352. The Kier molecular flexibility index (Phi) is 5.40. The van der Waals surface area contributed by atoms with Gasteiger partial charge in [-0.25, -0.2) is 4.79 Å². The van der Waals surface area contributed by atoms with Crippen LogP contribution in [0.25, 0.3) is 11.1 Å². The normalized spacial score (nSPS) is 21.0. The monoisotopic (exact) mass is 368 g/mol. The first kappa shape index (κ1) is 19.2. The number of aromatic nitrogens is 1. The van der Waals surface area contributed by atoms with Crippen molar-refractivity contribution in [3.63, 3.8) is 0 Å². The Bertz CT molecular complexity index is 872. The predicted octanol–water partition coefficient (Wildman–Crippen LogP) is 4.51. The van der Waals surface area contributed by atoms with Gasteiger partial charge in [-0.1, -0.05) is 38.1 Å². The van der Waals surface area contributed by atoms with E-state index in [2.05, 4.69) is 13.8 Å². The van der Waals surface area contributed by atoms with Crippen molar-refractivity contribution in [1.82, 2.24) is 9.47 Å². The average Bonchev–Trinajstić information content (AvgIpc) is 2.67. The third kappa shape index (κ3) is 3.92. The summed E-state index contributed by atoms with van der Waals surface area (Å²) < 4.78 is 7.26. The number of pyridine rings is 1. The van der Waals surface area contributed by atoms with Crippen LogP contribution in [0.3, 0.4) is 0 Å². The smallest absolute Gasteiger partial charge is 0.410 e. The van der Waals surface area contributed by atoms with E-state index in [1.807, 2.05) is 42.2 Å². The van der Waals surface area contributed by atoms with Crippen LogP contribution in [-0.4, -0.2) is 27.7 Å². The molecule has 1 aliphatic rings. The van der Waals surface area contributed by atoms with Crippen LogP contribution in [0, 0.1) is 0 Å². The maximum Gasteiger partial charge on any atom is 0.410 e. The molecule has 0 aliphatic carbocycles. The molecule has 2 atom stereocenters. The van der Waals surface area contributed by atoms with E-state index in [4.69, 9.17) is 4.74 Å². The average molecular weight is 368 g/mol. The minimum Gasteiger partial charge on any atom is -0.443 e. The molecule has 1 fully saturated rings. The van der Waals surface area contributed by atoms with Gasteiger partial charge in [0, 0.05) is 32.3 Å². The standard InChI is InChI=1S/C22H28N2O3/c1-5-19(24-14-12-22(3,6-2)27-21(24)26)17-9-7-16(8-10-17)18-11-13-23(4)20(25)15-18/h7-11,13,15,19H,5-6,12,14H2,1-4H3/t19-,22+/m0/s1. The second kappa shape index (κ2) is 7.59. The molecule has 1 aliphatic heterocycles. The van der Waals surface area contributed by atoms with E-state index in [0.717, 1.165) is 36.0 Å². The largest absolute Gasteiger partial charge is 0.443 e.